The predicted molar refractivity (Wildman–Crippen MR) is 103 cm³/mol. The summed E-state index contributed by atoms with van der Waals surface area (Å²) in [6.45, 7) is 8.50. The molecule has 0 saturated heterocycles. The number of hydrogen-bond donors (Lipinski definition) is 0. The van der Waals surface area contributed by atoms with Crippen molar-refractivity contribution in [1.82, 2.24) is 0 Å². The van der Waals surface area contributed by atoms with Gasteiger partial charge < -0.3 is 0 Å². The molecule has 6 nitrogen and oxygen atoms in total. The van der Waals surface area contributed by atoms with Crippen molar-refractivity contribution in [2.45, 2.75) is 74.5 Å². The van der Waals surface area contributed by atoms with Crippen molar-refractivity contribution in [1.29, 1.82) is 0 Å². The van der Waals surface area contributed by atoms with Crippen LogP contribution in [0.3, 0.4) is 0 Å². The average molecular weight is 414 g/mol. The Morgan fingerprint density at radius 3 is 1.04 bits per heavy atom. The second kappa shape index (κ2) is 20.4. The van der Waals surface area contributed by atoms with E-state index in [1.165, 1.54) is 14.2 Å². The Bertz CT molecular complexity index is 282. The monoisotopic (exact) mass is 414 g/mol. The SMILES string of the molecule is CC[CH2][Al]([CH2]CC)[O][P+](=O)OC.CC[CH2][Al]([CH2]CC)[O][P+](=O)OC. The van der Waals surface area contributed by atoms with Crippen molar-refractivity contribution < 1.29 is 25.3 Å². The fraction of sp³-hybridized carbons (Fsp3) is 1.00. The molecule has 24 heavy (non-hydrogen) atoms. The molecule has 0 heterocycles. The first-order valence-corrected chi connectivity index (χ1v) is 15.2. The Hall–Kier alpha value is 1.10. The minimum absolute atomic E-state index is 1.10. The molecule has 0 aromatic carbocycles. The Balaban J connectivity index is 0. The number of hydrogen-bond acceptors (Lipinski definition) is 6. The third kappa shape index (κ3) is 17.9. The van der Waals surface area contributed by atoms with E-state index in [1.54, 1.807) is 0 Å². The first kappa shape index (κ1) is 27.3. The highest BCUT2D eigenvalue weighted by Crippen LogP contribution is 2.27. The molecule has 0 aromatic heterocycles. The second-order valence-electron chi connectivity index (χ2n) is 5.42. The molecule has 2 unspecified atom stereocenters. The fourth-order valence-electron chi connectivity index (χ4n) is 2.12. The summed E-state index contributed by atoms with van der Waals surface area (Å²) in [5, 5.41) is 4.38. The van der Waals surface area contributed by atoms with Crippen molar-refractivity contribution in [3.8, 4) is 0 Å². The first-order valence-electron chi connectivity index (χ1n) is 8.84. The van der Waals surface area contributed by atoms with E-state index in [0.29, 0.717) is 0 Å². The van der Waals surface area contributed by atoms with E-state index in [-0.39, 0.29) is 0 Å². The lowest BCUT2D eigenvalue weighted by Gasteiger charge is -1.99. The Morgan fingerprint density at radius 2 is 0.875 bits per heavy atom. The van der Waals surface area contributed by atoms with Crippen LogP contribution in [0.15, 0.2) is 0 Å². The highest BCUT2D eigenvalue weighted by Gasteiger charge is 2.32. The van der Waals surface area contributed by atoms with Crippen LogP contribution in [0.5, 0.6) is 0 Å². The quantitative estimate of drug-likeness (QED) is 0.248. The van der Waals surface area contributed by atoms with Gasteiger partial charge in [0.05, 0.1) is 14.2 Å². The topological polar surface area (TPSA) is 71.1 Å². The van der Waals surface area contributed by atoms with Gasteiger partial charge in [-0.2, -0.15) is 0 Å². The molecule has 0 N–H and O–H groups in total. The van der Waals surface area contributed by atoms with Gasteiger partial charge >= 0.3 is 45.5 Å². The molecule has 0 bridgehead atoms. The van der Waals surface area contributed by atoms with Gasteiger partial charge in [0.15, 0.2) is 0 Å². The maximum Gasteiger partial charge on any atom is 0.665 e. The minimum Gasteiger partial charge on any atom is -0.266 e. The zero-order valence-electron chi connectivity index (χ0n) is 16.2. The lowest BCUT2D eigenvalue weighted by Crippen LogP contribution is -2.13. The average Bonchev–Trinajstić information content (AvgIpc) is 2.56. The molecule has 0 rings (SSSR count). The molecule has 0 radical (unpaired) electrons. The van der Waals surface area contributed by atoms with Crippen LogP contribution < -0.4 is 0 Å². The summed E-state index contributed by atoms with van der Waals surface area (Å²) in [7, 11) is -0.821. The van der Waals surface area contributed by atoms with Gasteiger partial charge in [0, 0.05) is 9.13 Å². The molecule has 0 aromatic rings. The molecule has 0 aliphatic heterocycles. The fourth-order valence-corrected chi connectivity index (χ4v) is 9.59. The van der Waals surface area contributed by atoms with Crippen molar-refractivity contribution in [2.75, 3.05) is 14.2 Å². The summed E-state index contributed by atoms with van der Waals surface area (Å²) in [5.41, 5.74) is 0. The van der Waals surface area contributed by atoms with Crippen molar-refractivity contribution >= 4 is 45.5 Å². The lowest BCUT2D eigenvalue weighted by atomic mass is 10.6. The molecule has 0 spiro atoms. The molecular formula is C14H34Al2O6P2+2. The first-order chi connectivity index (χ1) is 11.5. The smallest absolute Gasteiger partial charge is 0.266 e. The van der Waals surface area contributed by atoms with E-state index in [1.807, 2.05) is 0 Å². The van der Waals surface area contributed by atoms with Crippen LogP contribution in [0.4, 0.5) is 0 Å². The zero-order chi connectivity index (χ0) is 18.8. The van der Waals surface area contributed by atoms with Gasteiger partial charge in [-0.15, -0.1) is 9.05 Å². The summed E-state index contributed by atoms with van der Waals surface area (Å²) < 4.78 is 41.6. The van der Waals surface area contributed by atoms with Gasteiger partial charge in [0.1, 0.15) is 0 Å². The molecule has 0 saturated carbocycles. The van der Waals surface area contributed by atoms with Crippen LogP contribution in [0.2, 0.25) is 21.1 Å². The molecule has 2 atom stereocenters. The Kier molecular flexibility index (Phi) is 23.2. The summed E-state index contributed by atoms with van der Waals surface area (Å²) >= 11 is -2.44. The highest BCUT2D eigenvalue weighted by molar-refractivity contribution is 7.35. The van der Waals surface area contributed by atoms with Gasteiger partial charge in [-0.1, -0.05) is 74.5 Å². The zero-order valence-corrected chi connectivity index (χ0v) is 20.3. The summed E-state index contributed by atoms with van der Waals surface area (Å²) in [6, 6.07) is 0. The summed E-state index contributed by atoms with van der Waals surface area (Å²) in [4.78, 5) is 0. The molecule has 0 aliphatic carbocycles. The van der Waals surface area contributed by atoms with Gasteiger partial charge in [-0.05, 0) is 0 Å². The number of rotatable bonds is 14. The summed E-state index contributed by atoms with van der Waals surface area (Å²) in [5.74, 6) is 0. The normalized spacial score (nSPS) is 11.4. The largest absolute Gasteiger partial charge is 0.665 e. The van der Waals surface area contributed by atoms with Crippen molar-refractivity contribution in [2.24, 2.45) is 0 Å². The van der Waals surface area contributed by atoms with Gasteiger partial charge in [-0.25, -0.2) is 0 Å². The van der Waals surface area contributed by atoms with Crippen LogP contribution >= 0.6 is 16.5 Å². The van der Waals surface area contributed by atoms with Crippen LogP contribution in [-0.2, 0) is 25.3 Å². The Labute approximate surface area is 159 Å². The standard InChI is InChI=1S/4C3H7.2CH3O3P.2Al/c4*1-3-2;2*1-4-5(2)3;;/h4*1,3H2,2H3;2*1H3;;/q;;;;;;2*+1. The highest BCUT2D eigenvalue weighted by atomic mass is 31.1. The predicted octanol–water partition coefficient (Wildman–Crippen LogP) is 6.24. The molecular weight excluding hydrogens is 380 g/mol. The minimum atomic E-state index is -1.83. The molecule has 0 aliphatic rings. The maximum atomic E-state index is 10.9. The van der Waals surface area contributed by atoms with Crippen molar-refractivity contribution in [3.63, 3.8) is 0 Å². The van der Waals surface area contributed by atoms with Crippen LogP contribution in [-0.4, -0.2) is 43.2 Å². The van der Waals surface area contributed by atoms with Gasteiger partial charge in [0.25, 0.3) is 0 Å². The van der Waals surface area contributed by atoms with E-state index in [4.69, 9.17) is 7.15 Å². The second-order valence-corrected chi connectivity index (χ2v) is 13.5. The van der Waals surface area contributed by atoms with E-state index < -0.39 is 45.5 Å². The van der Waals surface area contributed by atoms with Crippen LogP contribution in [0, 0.1) is 0 Å². The van der Waals surface area contributed by atoms with E-state index >= 15 is 0 Å². The molecule has 10 heteroatoms. The third-order valence-electron chi connectivity index (χ3n) is 3.21. The van der Waals surface area contributed by atoms with E-state index in [2.05, 4.69) is 36.7 Å². The molecule has 140 valence electrons. The van der Waals surface area contributed by atoms with Crippen molar-refractivity contribution in [3.05, 3.63) is 0 Å². The van der Waals surface area contributed by atoms with Crippen LogP contribution in [0.25, 0.3) is 0 Å². The van der Waals surface area contributed by atoms with E-state index in [0.717, 1.165) is 46.8 Å². The molecule has 0 amide bonds. The van der Waals surface area contributed by atoms with Gasteiger partial charge in [-0.3, -0.25) is 7.15 Å². The summed E-state index contributed by atoms with van der Waals surface area (Å²) in [6.07, 6.45) is 4.46. The lowest BCUT2D eigenvalue weighted by molar-refractivity contribution is 0.348. The van der Waals surface area contributed by atoms with Gasteiger partial charge in [0.2, 0.25) is 0 Å². The third-order valence-corrected chi connectivity index (χ3v) is 12.5. The maximum absolute atomic E-state index is 10.9. The van der Waals surface area contributed by atoms with E-state index in [9.17, 15) is 9.13 Å². The molecule has 0 fully saturated rings. The Morgan fingerprint density at radius 1 is 0.625 bits per heavy atom. The van der Waals surface area contributed by atoms with Crippen LogP contribution in [0.1, 0.15) is 53.4 Å².